The van der Waals surface area contributed by atoms with Crippen LogP contribution in [0.4, 0.5) is 13.2 Å². The smallest absolute Gasteiger partial charge is 0.338 e. The summed E-state index contributed by atoms with van der Waals surface area (Å²) in [6, 6.07) is 14.0. The molecule has 0 saturated carbocycles. The summed E-state index contributed by atoms with van der Waals surface area (Å²) in [7, 11) is 0. The van der Waals surface area contributed by atoms with Crippen LogP contribution in [-0.4, -0.2) is 34.1 Å². The van der Waals surface area contributed by atoms with Gasteiger partial charge < -0.3 is 4.90 Å². The second kappa shape index (κ2) is 8.21. The van der Waals surface area contributed by atoms with Crippen molar-refractivity contribution in [2.45, 2.75) is 26.4 Å². The highest BCUT2D eigenvalue weighted by Crippen LogP contribution is 2.32. The van der Waals surface area contributed by atoms with Crippen LogP contribution in [0.3, 0.4) is 0 Å². The van der Waals surface area contributed by atoms with E-state index in [0.717, 1.165) is 37.2 Å². The minimum atomic E-state index is -4.40. The number of H-pyrrole nitrogens is 1. The maximum absolute atomic E-state index is 13.0. The summed E-state index contributed by atoms with van der Waals surface area (Å²) in [6.45, 7) is 5.87. The van der Waals surface area contributed by atoms with Gasteiger partial charge in [0.15, 0.2) is 0 Å². The summed E-state index contributed by atoms with van der Waals surface area (Å²) in [5.74, 6) is 1.01. The predicted molar refractivity (Wildman–Crippen MR) is 113 cm³/mol. The second-order valence-corrected chi connectivity index (χ2v) is 8.48. The molecular weight excluding hydrogens is 403 g/mol. The standard InChI is InChI=1S/C24H24F3N3O/c1-15-10-16(2)14-30(13-15)23(31)18-8-6-17(7-9-18)21-12-22(29-28-21)19-4-3-5-20(11-19)24(25,26)27/h3-9,11-12,15-16H,10,13-14H2,1-2H3,(H,28,29)/t15-,16+. The van der Waals surface area contributed by atoms with Crippen LogP contribution in [0, 0.1) is 11.8 Å². The van der Waals surface area contributed by atoms with Crippen LogP contribution in [0.5, 0.6) is 0 Å². The molecule has 1 aromatic heterocycles. The molecule has 1 aliphatic heterocycles. The topological polar surface area (TPSA) is 49.0 Å². The number of rotatable bonds is 3. The molecule has 2 heterocycles. The summed E-state index contributed by atoms with van der Waals surface area (Å²) in [5, 5.41) is 7.04. The van der Waals surface area contributed by atoms with E-state index in [9.17, 15) is 18.0 Å². The molecule has 1 fully saturated rings. The average molecular weight is 427 g/mol. The van der Waals surface area contributed by atoms with Gasteiger partial charge in [0.1, 0.15) is 0 Å². The number of hydrogen-bond acceptors (Lipinski definition) is 2. The Morgan fingerprint density at radius 2 is 1.68 bits per heavy atom. The van der Waals surface area contributed by atoms with Crippen LogP contribution in [0.2, 0.25) is 0 Å². The lowest BCUT2D eigenvalue weighted by Crippen LogP contribution is -2.42. The molecule has 7 heteroatoms. The third-order valence-electron chi connectivity index (χ3n) is 5.66. The van der Waals surface area contributed by atoms with E-state index in [-0.39, 0.29) is 5.91 Å². The van der Waals surface area contributed by atoms with Crippen LogP contribution in [0.1, 0.15) is 36.2 Å². The molecule has 3 aromatic rings. The summed E-state index contributed by atoms with van der Waals surface area (Å²) >= 11 is 0. The number of halogens is 3. The summed E-state index contributed by atoms with van der Waals surface area (Å²) in [6.07, 6.45) is -3.27. The number of carbonyl (C=O) groups is 1. The zero-order chi connectivity index (χ0) is 22.2. The molecule has 1 saturated heterocycles. The Balaban J connectivity index is 1.52. The molecule has 0 bridgehead atoms. The third kappa shape index (κ3) is 4.65. The van der Waals surface area contributed by atoms with Gasteiger partial charge in [0, 0.05) is 24.2 Å². The molecule has 4 rings (SSSR count). The molecular formula is C24H24F3N3O. The molecule has 31 heavy (non-hydrogen) atoms. The highest BCUT2D eigenvalue weighted by molar-refractivity contribution is 5.94. The van der Waals surface area contributed by atoms with Crippen molar-refractivity contribution in [2.75, 3.05) is 13.1 Å². The number of likely N-dealkylation sites (tertiary alicyclic amines) is 1. The largest absolute Gasteiger partial charge is 0.416 e. The monoisotopic (exact) mass is 427 g/mol. The first-order valence-corrected chi connectivity index (χ1v) is 10.3. The van der Waals surface area contributed by atoms with E-state index >= 15 is 0 Å². The van der Waals surface area contributed by atoms with Gasteiger partial charge in [-0.2, -0.15) is 18.3 Å². The number of piperidine rings is 1. The normalized spacial score (nSPS) is 19.5. The first kappa shape index (κ1) is 21.2. The molecule has 1 N–H and O–H groups in total. The molecule has 1 aliphatic rings. The fourth-order valence-electron chi connectivity index (χ4n) is 4.28. The molecule has 1 amide bonds. The zero-order valence-electron chi connectivity index (χ0n) is 17.4. The maximum Gasteiger partial charge on any atom is 0.416 e. The highest BCUT2D eigenvalue weighted by atomic mass is 19.4. The summed E-state index contributed by atoms with van der Waals surface area (Å²) < 4.78 is 38.9. The van der Waals surface area contributed by atoms with Gasteiger partial charge in [-0.1, -0.05) is 38.1 Å². The lowest BCUT2D eigenvalue weighted by molar-refractivity contribution is -0.137. The number of amides is 1. The Bertz CT molecular complexity index is 1060. The second-order valence-electron chi connectivity index (χ2n) is 8.48. The summed E-state index contributed by atoms with van der Waals surface area (Å²) in [5.41, 5.74) is 2.21. The average Bonchev–Trinajstić information content (AvgIpc) is 3.22. The molecule has 0 radical (unpaired) electrons. The molecule has 4 nitrogen and oxygen atoms in total. The third-order valence-corrected chi connectivity index (χ3v) is 5.66. The molecule has 2 atom stereocenters. The van der Waals surface area contributed by atoms with Gasteiger partial charge in [0.25, 0.3) is 5.91 Å². The number of benzene rings is 2. The minimum Gasteiger partial charge on any atom is -0.338 e. The van der Waals surface area contributed by atoms with Gasteiger partial charge in [0.05, 0.1) is 17.0 Å². The molecule has 0 aliphatic carbocycles. The van der Waals surface area contributed by atoms with Crippen LogP contribution < -0.4 is 0 Å². The highest BCUT2D eigenvalue weighted by Gasteiger charge is 2.30. The molecule has 0 unspecified atom stereocenters. The van der Waals surface area contributed by atoms with Gasteiger partial charge in [-0.05, 0) is 54.2 Å². The lowest BCUT2D eigenvalue weighted by atomic mass is 9.91. The van der Waals surface area contributed by atoms with Crippen molar-refractivity contribution < 1.29 is 18.0 Å². The van der Waals surface area contributed by atoms with Crippen LogP contribution in [0.15, 0.2) is 54.6 Å². The van der Waals surface area contributed by atoms with Gasteiger partial charge in [-0.15, -0.1) is 0 Å². The number of aromatic amines is 1. The quantitative estimate of drug-likeness (QED) is 0.567. The van der Waals surface area contributed by atoms with Crippen LogP contribution in [0.25, 0.3) is 22.5 Å². The Morgan fingerprint density at radius 3 is 2.32 bits per heavy atom. The van der Waals surface area contributed by atoms with E-state index in [1.165, 1.54) is 6.07 Å². The Hall–Kier alpha value is -3.09. The van der Waals surface area contributed by atoms with E-state index in [1.807, 2.05) is 17.0 Å². The first-order valence-electron chi connectivity index (χ1n) is 10.3. The van der Waals surface area contributed by atoms with Crippen molar-refractivity contribution in [1.29, 1.82) is 0 Å². The van der Waals surface area contributed by atoms with E-state index in [0.29, 0.717) is 34.4 Å². The van der Waals surface area contributed by atoms with Gasteiger partial charge in [0.2, 0.25) is 0 Å². The molecule has 2 aromatic carbocycles. The number of aromatic nitrogens is 2. The van der Waals surface area contributed by atoms with Gasteiger partial charge in [-0.25, -0.2) is 0 Å². The van der Waals surface area contributed by atoms with E-state index < -0.39 is 11.7 Å². The van der Waals surface area contributed by atoms with Crippen molar-refractivity contribution >= 4 is 5.91 Å². The van der Waals surface area contributed by atoms with E-state index in [4.69, 9.17) is 0 Å². The Kier molecular flexibility index (Phi) is 5.60. The zero-order valence-corrected chi connectivity index (χ0v) is 17.4. The fourth-order valence-corrected chi connectivity index (χ4v) is 4.28. The Morgan fingerprint density at radius 1 is 1.00 bits per heavy atom. The fraction of sp³-hybridized carbons (Fsp3) is 0.333. The van der Waals surface area contributed by atoms with Crippen molar-refractivity contribution in [3.05, 3.63) is 65.7 Å². The van der Waals surface area contributed by atoms with Crippen LogP contribution >= 0.6 is 0 Å². The minimum absolute atomic E-state index is 0.0271. The van der Waals surface area contributed by atoms with Gasteiger partial charge >= 0.3 is 6.18 Å². The number of nitrogens with one attached hydrogen (secondary N) is 1. The Labute approximate surface area is 179 Å². The number of hydrogen-bond donors (Lipinski definition) is 1. The lowest BCUT2D eigenvalue weighted by Gasteiger charge is -2.35. The van der Waals surface area contributed by atoms with Crippen molar-refractivity contribution in [3.8, 4) is 22.5 Å². The molecule has 0 spiro atoms. The number of nitrogens with zero attached hydrogens (tertiary/aromatic N) is 2. The van der Waals surface area contributed by atoms with E-state index in [2.05, 4.69) is 24.0 Å². The number of alkyl halides is 3. The molecule has 162 valence electrons. The van der Waals surface area contributed by atoms with Crippen LogP contribution in [-0.2, 0) is 6.18 Å². The summed E-state index contributed by atoms with van der Waals surface area (Å²) in [4.78, 5) is 14.8. The van der Waals surface area contributed by atoms with Crippen molar-refractivity contribution in [3.63, 3.8) is 0 Å². The van der Waals surface area contributed by atoms with E-state index in [1.54, 1.807) is 24.3 Å². The number of carbonyl (C=O) groups excluding carboxylic acids is 1. The first-order chi connectivity index (χ1) is 14.7. The van der Waals surface area contributed by atoms with Gasteiger partial charge in [-0.3, -0.25) is 9.89 Å². The predicted octanol–water partition coefficient (Wildman–Crippen LogP) is 5.88. The SMILES string of the molecule is C[C@@H]1C[C@H](C)CN(C(=O)c2ccc(-c3cc(-c4cccc(C(F)(F)F)c4)n[nH]3)cc2)C1. The maximum atomic E-state index is 13.0. The van der Waals surface area contributed by atoms with Crippen molar-refractivity contribution in [2.24, 2.45) is 11.8 Å². The van der Waals surface area contributed by atoms with Crippen molar-refractivity contribution in [1.82, 2.24) is 15.1 Å².